The number of aliphatic hydroxyl groups is 1. The summed E-state index contributed by atoms with van der Waals surface area (Å²) >= 11 is 0. The van der Waals surface area contributed by atoms with Gasteiger partial charge in [-0.2, -0.15) is 0 Å². The van der Waals surface area contributed by atoms with Crippen molar-refractivity contribution in [1.82, 2.24) is 5.32 Å². The van der Waals surface area contributed by atoms with Crippen molar-refractivity contribution in [3.63, 3.8) is 0 Å². The molecule has 1 saturated heterocycles. The molecule has 1 atom stereocenters. The molecule has 1 fully saturated rings. The first-order valence-electron chi connectivity index (χ1n) is 6.45. The SMILES string of the molecule is CNC1(CO)CCN(c2cc(OC)ccc2OC)C1. The van der Waals surface area contributed by atoms with Crippen LogP contribution < -0.4 is 19.7 Å². The lowest BCUT2D eigenvalue weighted by atomic mass is 10.0. The Labute approximate surface area is 114 Å². The van der Waals surface area contributed by atoms with E-state index >= 15 is 0 Å². The zero-order chi connectivity index (χ0) is 13.9. The van der Waals surface area contributed by atoms with E-state index in [-0.39, 0.29) is 12.1 Å². The second-order valence-electron chi connectivity index (χ2n) is 4.90. The molecule has 0 aromatic heterocycles. The second-order valence-corrected chi connectivity index (χ2v) is 4.90. The number of likely N-dealkylation sites (N-methyl/N-ethyl adjacent to an activating group) is 1. The molecule has 1 unspecified atom stereocenters. The van der Waals surface area contributed by atoms with Gasteiger partial charge in [-0.3, -0.25) is 0 Å². The number of ether oxygens (including phenoxy) is 2. The van der Waals surface area contributed by atoms with Crippen LogP contribution in [0.2, 0.25) is 0 Å². The highest BCUT2D eigenvalue weighted by Gasteiger charge is 2.37. The summed E-state index contributed by atoms with van der Waals surface area (Å²) in [7, 11) is 5.21. The van der Waals surface area contributed by atoms with Crippen LogP contribution in [0.15, 0.2) is 18.2 Å². The molecule has 5 heteroatoms. The minimum Gasteiger partial charge on any atom is -0.497 e. The third-order valence-corrected chi connectivity index (χ3v) is 3.91. The highest BCUT2D eigenvalue weighted by molar-refractivity contribution is 5.62. The molecule has 5 nitrogen and oxygen atoms in total. The lowest BCUT2D eigenvalue weighted by Crippen LogP contribution is -2.48. The first-order chi connectivity index (χ1) is 9.18. The summed E-state index contributed by atoms with van der Waals surface area (Å²) in [5.74, 6) is 1.63. The van der Waals surface area contributed by atoms with Gasteiger partial charge < -0.3 is 24.8 Å². The van der Waals surface area contributed by atoms with Crippen LogP contribution in [0.1, 0.15) is 6.42 Å². The minimum absolute atomic E-state index is 0.131. The molecule has 0 amide bonds. The molecule has 1 aromatic carbocycles. The quantitative estimate of drug-likeness (QED) is 0.828. The summed E-state index contributed by atoms with van der Waals surface area (Å²) in [5.41, 5.74) is 0.779. The predicted octanol–water partition coefficient (Wildman–Crippen LogP) is 0.864. The fourth-order valence-corrected chi connectivity index (χ4v) is 2.53. The first-order valence-corrected chi connectivity index (χ1v) is 6.45. The molecule has 1 aromatic rings. The maximum absolute atomic E-state index is 9.56. The maximum Gasteiger partial charge on any atom is 0.142 e. The molecule has 1 aliphatic rings. The first kappa shape index (κ1) is 14.0. The molecule has 2 N–H and O–H groups in total. The highest BCUT2D eigenvalue weighted by Crippen LogP contribution is 2.36. The van der Waals surface area contributed by atoms with Crippen molar-refractivity contribution >= 4 is 5.69 Å². The number of nitrogens with zero attached hydrogens (tertiary/aromatic N) is 1. The Bertz CT molecular complexity index is 433. The molecule has 0 spiro atoms. The van der Waals surface area contributed by atoms with Gasteiger partial charge in [-0.1, -0.05) is 0 Å². The minimum atomic E-state index is -0.228. The number of aliphatic hydroxyl groups excluding tert-OH is 1. The summed E-state index contributed by atoms with van der Waals surface area (Å²) < 4.78 is 10.7. The molecular weight excluding hydrogens is 244 g/mol. The molecule has 1 aliphatic heterocycles. The second kappa shape index (κ2) is 5.67. The van der Waals surface area contributed by atoms with Crippen LogP contribution in [0, 0.1) is 0 Å². The van der Waals surface area contributed by atoms with E-state index in [1.165, 1.54) is 0 Å². The van der Waals surface area contributed by atoms with E-state index in [0.29, 0.717) is 0 Å². The Hall–Kier alpha value is -1.46. The van der Waals surface area contributed by atoms with Crippen LogP contribution in [0.3, 0.4) is 0 Å². The van der Waals surface area contributed by atoms with Crippen LogP contribution in [-0.2, 0) is 0 Å². The van der Waals surface area contributed by atoms with E-state index in [4.69, 9.17) is 9.47 Å². The molecule has 0 saturated carbocycles. The molecular formula is C14H22N2O3. The van der Waals surface area contributed by atoms with E-state index in [1.807, 2.05) is 25.2 Å². The summed E-state index contributed by atoms with van der Waals surface area (Å²) in [6, 6.07) is 5.77. The molecule has 0 aliphatic carbocycles. The van der Waals surface area contributed by atoms with Gasteiger partial charge in [0.1, 0.15) is 11.5 Å². The fraction of sp³-hybridized carbons (Fsp3) is 0.571. The lowest BCUT2D eigenvalue weighted by Gasteiger charge is -2.28. The van der Waals surface area contributed by atoms with Crippen LogP contribution in [0.4, 0.5) is 5.69 Å². The van der Waals surface area contributed by atoms with E-state index < -0.39 is 0 Å². The third-order valence-electron chi connectivity index (χ3n) is 3.91. The van der Waals surface area contributed by atoms with Crippen molar-refractivity contribution in [2.24, 2.45) is 0 Å². The number of methoxy groups -OCH3 is 2. The van der Waals surface area contributed by atoms with Crippen molar-refractivity contribution in [1.29, 1.82) is 0 Å². The Morgan fingerprint density at radius 1 is 1.37 bits per heavy atom. The van der Waals surface area contributed by atoms with Crippen molar-refractivity contribution in [2.45, 2.75) is 12.0 Å². The van der Waals surface area contributed by atoms with E-state index in [1.54, 1.807) is 14.2 Å². The zero-order valence-electron chi connectivity index (χ0n) is 11.8. The number of rotatable bonds is 5. The number of hydrogen-bond donors (Lipinski definition) is 2. The van der Waals surface area contributed by atoms with Crippen LogP contribution in [-0.4, -0.2) is 51.6 Å². The largest absolute Gasteiger partial charge is 0.497 e. The topological polar surface area (TPSA) is 54.0 Å². The predicted molar refractivity (Wildman–Crippen MR) is 75.3 cm³/mol. The third kappa shape index (κ3) is 2.62. The maximum atomic E-state index is 9.56. The number of nitrogens with one attached hydrogen (secondary N) is 1. The monoisotopic (exact) mass is 266 g/mol. The summed E-state index contributed by atoms with van der Waals surface area (Å²) in [6.07, 6.45) is 0.903. The average molecular weight is 266 g/mol. The van der Waals surface area contributed by atoms with E-state index in [2.05, 4.69) is 10.2 Å². The van der Waals surface area contributed by atoms with Crippen molar-refractivity contribution in [3.8, 4) is 11.5 Å². The van der Waals surface area contributed by atoms with Crippen molar-refractivity contribution in [3.05, 3.63) is 18.2 Å². The van der Waals surface area contributed by atoms with E-state index in [0.717, 1.165) is 36.7 Å². The molecule has 19 heavy (non-hydrogen) atoms. The van der Waals surface area contributed by atoms with Gasteiger partial charge in [0, 0.05) is 19.2 Å². The standard InChI is InChI=1S/C14H22N2O3/c1-15-14(10-17)6-7-16(9-14)12-8-11(18-2)4-5-13(12)19-3/h4-5,8,15,17H,6-7,9-10H2,1-3H3. The van der Waals surface area contributed by atoms with Crippen molar-refractivity contribution in [2.75, 3.05) is 45.9 Å². The van der Waals surface area contributed by atoms with Gasteiger partial charge in [-0.25, -0.2) is 0 Å². The number of anilines is 1. The van der Waals surface area contributed by atoms with Gasteiger partial charge >= 0.3 is 0 Å². The van der Waals surface area contributed by atoms with E-state index in [9.17, 15) is 5.11 Å². The van der Waals surface area contributed by atoms with Gasteiger partial charge in [-0.05, 0) is 25.6 Å². The lowest BCUT2D eigenvalue weighted by molar-refractivity contribution is 0.184. The Morgan fingerprint density at radius 3 is 2.68 bits per heavy atom. The Morgan fingerprint density at radius 2 is 2.16 bits per heavy atom. The molecule has 0 bridgehead atoms. The summed E-state index contributed by atoms with van der Waals surface area (Å²) in [4.78, 5) is 2.22. The Balaban J connectivity index is 2.27. The van der Waals surface area contributed by atoms with Gasteiger partial charge in [0.25, 0.3) is 0 Å². The molecule has 1 heterocycles. The van der Waals surface area contributed by atoms with Crippen LogP contribution >= 0.6 is 0 Å². The van der Waals surface area contributed by atoms with Gasteiger partial charge in [0.15, 0.2) is 0 Å². The smallest absolute Gasteiger partial charge is 0.142 e. The highest BCUT2D eigenvalue weighted by atomic mass is 16.5. The Kier molecular flexibility index (Phi) is 4.17. The molecule has 0 radical (unpaired) electrons. The normalized spacial score (nSPS) is 22.6. The summed E-state index contributed by atoms with van der Waals surface area (Å²) in [6.45, 7) is 1.76. The zero-order valence-corrected chi connectivity index (χ0v) is 11.8. The van der Waals surface area contributed by atoms with Crippen LogP contribution in [0.25, 0.3) is 0 Å². The fourth-order valence-electron chi connectivity index (χ4n) is 2.53. The van der Waals surface area contributed by atoms with Gasteiger partial charge in [0.05, 0.1) is 32.1 Å². The molecule has 106 valence electrons. The number of benzene rings is 1. The molecule has 2 rings (SSSR count). The van der Waals surface area contributed by atoms with Crippen LogP contribution in [0.5, 0.6) is 11.5 Å². The van der Waals surface area contributed by atoms with Gasteiger partial charge in [0.2, 0.25) is 0 Å². The van der Waals surface area contributed by atoms with Gasteiger partial charge in [-0.15, -0.1) is 0 Å². The average Bonchev–Trinajstić information content (AvgIpc) is 2.91. The number of hydrogen-bond acceptors (Lipinski definition) is 5. The summed E-state index contributed by atoms with van der Waals surface area (Å²) in [5, 5.41) is 12.8. The van der Waals surface area contributed by atoms with Crippen molar-refractivity contribution < 1.29 is 14.6 Å².